The molecule has 1 aromatic heterocycles. The highest BCUT2D eigenvalue weighted by molar-refractivity contribution is 7.99. The van der Waals surface area contributed by atoms with Crippen LogP contribution in [0.1, 0.15) is 21.6 Å². The Bertz CT molecular complexity index is 1110. The maximum atomic E-state index is 13.1. The van der Waals surface area contributed by atoms with Crippen molar-refractivity contribution in [1.29, 1.82) is 0 Å². The van der Waals surface area contributed by atoms with Crippen LogP contribution in [-0.2, 0) is 4.79 Å². The van der Waals surface area contributed by atoms with Gasteiger partial charge in [-0.1, -0.05) is 6.07 Å². The molecule has 31 heavy (non-hydrogen) atoms. The Morgan fingerprint density at radius 3 is 2.58 bits per heavy atom. The lowest BCUT2D eigenvalue weighted by atomic mass is 10.1. The first-order valence-corrected chi connectivity index (χ1v) is 11.1. The molecule has 4 rings (SSSR count). The monoisotopic (exact) mass is 436 g/mol. The predicted molar refractivity (Wildman–Crippen MR) is 122 cm³/mol. The Balaban J connectivity index is 1.48. The average molecular weight is 437 g/mol. The van der Waals surface area contributed by atoms with Gasteiger partial charge in [-0.2, -0.15) is 5.10 Å². The number of hydrogen-bond donors (Lipinski definition) is 1. The molecule has 1 N–H and O–H groups in total. The molecule has 1 saturated heterocycles. The Morgan fingerprint density at radius 2 is 1.87 bits per heavy atom. The standard InChI is InChI=1S/C23H24N4O3S/c1-15-4-5-17(12-16(15)2)24-22(28)21-13-31-14-26(21)23(29)20-10-11-27(25-20)18-6-8-19(30-3)9-7-18/h4-12,21H,13-14H2,1-3H3,(H,24,28). The number of methoxy groups -OCH3 is 1. The summed E-state index contributed by atoms with van der Waals surface area (Å²) in [4.78, 5) is 27.6. The van der Waals surface area contributed by atoms with E-state index in [1.165, 1.54) is 5.56 Å². The number of carbonyl (C=O) groups is 2. The van der Waals surface area contributed by atoms with Gasteiger partial charge in [0.1, 0.15) is 11.8 Å². The number of nitrogens with zero attached hydrogens (tertiary/aromatic N) is 3. The Kier molecular flexibility index (Phi) is 5.99. The van der Waals surface area contributed by atoms with E-state index in [4.69, 9.17) is 4.74 Å². The van der Waals surface area contributed by atoms with Crippen LogP contribution in [0.2, 0.25) is 0 Å². The van der Waals surface area contributed by atoms with Gasteiger partial charge in [-0.3, -0.25) is 9.59 Å². The topological polar surface area (TPSA) is 76.5 Å². The smallest absolute Gasteiger partial charge is 0.275 e. The molecule has 0 radical (unpaired) electrons. The molecule has 2 aromatic carbocycles. The van der Waals surface area contributed by atoms with Crippen LogP contribution < -0.4 is 10.1 Å². The van der Waals surface area contributed by atoms with E-state index in [2.05, 4.69) is 10.4 Å². The minimum Gasteiger partial charge on any atom is -0.497 e. The second-order valence-corrected chi connectivity index (χ2v) is 8.42. The van der Waals surface area contributed by atoms with E-state index in [1.54, 1.807) is 40.7 Å². The molecule has 0 aliphatic carbocycles. The fourth-order valence-electron chi connectivity index (χ4n) is 3.37. The molecule has 0 bridgehead atoms. The van der Waals surface area contributed by atoms with Crippen molar-refractivity contribution < 1.29 is 14.3 Å². The minimum atomic E-state index is -0.537. The first kappa shape index (κ1) is 21.0. The van der Waals surface area contributed by atoms with Gasteiger partial charge < -0.3 is 15.0 Å². The van der Waals surface area contributed by atoms with Gasteiger partial charge in [-0.05, 0) is 67.4 Å². The van der Waals surface area contributed by atoms with Gasteiger partial charge in [-0.25, -0.2) is 4.68 Å². The van der Waals surface area contributed by atoms with E-state index in [0.29, 0.717) is 17.3 Å². The molecule has 1 fully saturated rings. The first-order valence-electron chi connectivity index (χ1n) is 9.93. The molecule has 3 aromatic rings. The van der Waals surface area contributed by atoms with Crippen LogP contribution in [-0.4, -0.2) is 51.3 Å². The third kappa shape index (κ3) is 4.44. The number of aromatic nitrogens is 2. The van der Waals surface area contributed by atoms with Gasteiger partial charge in [0.15, 0.2) is 5.69 Å². The summed E-state index contributed by atoms with van der Waals surface area (Å²) < 4.78 is 6.81. The molecule has 1 aliphatic heterocycles. The van der Waals surface area contributed by atoms with Gasteiger partial charge in [0, 0.05) is 17.6 Å². The molecule has 0 saturated carbocycles. The van der Waals surface area contributed by atoms with Crippen molar-refractivity contribution in [3.8, 4) is 11.4 Å². The summed E-state index contributed by atoms with van der Waals surface area (Å²) in [5, 5.41) is 7.37. The van der Waals surface area contributed by atoms with Crippen LogP contribution in [0.15, 0.2) is 54.7 Å². The van der Waals surface area contributed by atoms with E-state index in [1.807, 2.05) is 56.3 Å². The van der Waals surface area contributed by atoms with E-state index < -0.39 is 6.04 Å². The zero-order chi connectivity index (χ0) is 22.0. The Labute approximate surface area is 185 Å². The maximum absolute atomic E-state index is 13.1. The van der Waals surface area contributed by atoms with Gasteiger partial charge in [-0.15, -0.1) is 11.8 Å². The van der Waals surface area contributed by atoms with E-state index in [9.17, 15) is 9.59 Å². The number of rotatable bonds is 5. The Hall–Kier alpha value is -3.26. The molecule has 160 valence electrons. The number of thioether (sulfide) groups is 1. The van der Waals surface area contributed by atoms with Crippen molar-refractivity contribution in [3.63, 3.8) is 0 Å². The number of hydrogen-bond acceptors (Lipinski definition) is 5. The number of amides is 2. The summed E-state index contributed by atoms with van der Waals surface area (Å²) in [7, 11) is 1.61. The lowest BCUT2D eigenvalue weighted by Gasteiger charge is -2.22. The normalized spacial score (nSPS) is 15.7. The molecule has 2 heterocycles. The molecular formula is C23H24N4O3S. The van der Waals surface area contributed by atoms with Crippen molar-refractivity contribution in [1.82, 2.24) is 14.7 Å². The van der Waals surface area contributed by atoms with Crippen molar-refractivity contribution in [2.45, 2.75) is 19.9 Å². The fourth-order valence-corrected chi connectivity index (χ4v) is 4.52. The highest BCUT2D eigenvalue weighted by atomic mass is 32.2. The number of ether oxygens (including phenoxy) is 1. The van der Waals surface area contributed by atoms with Gasteiger partial charge >= 0.3 is 0 Å². The maximum Gasteiger partial charge on any atom is 0.275 e. The quantitative estimate of drug-likeness (QED) is 0.661. The van der Waals surface area contributed by atoms with Crippen LogP contribution >= 0.6 is 11.8 Å². The zero-order valence-electron chi connectivity index (χ0n) is 17.7. The summed E-state index contributed by atoms with van der Waals surface area (Å²) in [6.07, 6.45) is 1.74. The minimum absolute atomic E-state index is 0.184. The SMILES string of the molecule is COc1ccc(-n2ccc(C(=O)N3CSCC3C(=O)Nc3ccc(C)c(C)c3)n2)cc1. The van der Waals surface area contributed by atoms with Crippen molar-refractivity contribution in [2.75, 3.05) is 24.1 Å². The summed E-state index contributed by atoms with van der Waals surface area (Å²) >= 11 is 1.56. The van der Waals surface area contributed by atoms with Gasteiger partial charge in [0.05, 0.1) is 18.7 Å². The second-order valence-electron chi connectivity index (χ2n) is 7.42. The molecule has 7 nitrogen and oxygen atoms in total. The summed E-state index contributed by atoms with van der Waals surface area (Å²) in [6.45, 7) is 4.03. The highest BCUT2D eigenvalue weighted by Crippen LogP contribution is 2.25. The molecular weight excluding hydrogens is 412 g/mol. The number of nitrogens with one attached hydrogen (secondary N) is 1. The third-order valence-corrected chi connectivity index (χ3v) is 6.38. The summed E-state index contributed by atoms with van der Waals surface area (Å²) in [6, 6.07) is 14.3. The van der Waals surface area contributed by atoms with Crippen molar-refractivity contribution in [2.24, 2.45) is 0 Å². The van der Waals surface area contributed by atoms with Crippen molar-refractivity contribution in [3.05, 3.63) is 71.5 Å². The summed E-state index contributed by atoms with van der Waals surface area (Å²) in [5.74, 6) is 1.33. The zero-order valence-corrected chi connectivity index (χ0v) is 18.5. The molecule has 1 aliphatic rings. The molecule has 1 atom stereocenters. The average Bonchev–Trinajstić information content (AvgIpc) is 3.46. The van der Waals surface area contributed by atoms with Crippen LogP contribution in [0.4, 0.5) is 5.69 Å². The van der Waals surface area contributed by atoms with E-state index in [0.717, 1.165) is 22.7 Å². The fraction of sp³-hybridized carbons (Fsp3) is 0.261. The Morgan fingerprint density at radius 1 is 1.10 bits per heavy atom. The number of anilines is 1. The van der Waals surface area contributed by atoms with Crippen LogP contribution in [0.3, 0.4) is 0 Å². The lowest BCUT2D eigenvalue weighted by molar-refractivity contribution is -0.119. The first-order chi connectivity index (χ1) is 15.0. The van der Waals surface area contributed by atoms with Crippen LogP contribution in [0, 0.1) is 13.8 Å². The van der Waals surface area contributed by atoms with E-state index >= 15 is 0 Å². The van der Waals surface area contributed by atoms with Crippen molar-refractivity contribution >= 4 is 29.3 Å². The summed E-state index contributed by atoms with van der Waals surface area (Å²) in [5.41, 5.74) is 4.14. The highest BCUT2D eigenvalue weighted by Gasteiger charge is 2.36. The van der Waals surface area contributed by atoms with E-state index in [-0.39, 0.29) is 11.8 Å². The van der Waals surface area contributed by atoms with Crippen LogP contribution in [0.5, 0.6) is 5.75 Å². The second kappa shape index (κ2) is 8.85. The molecule has 8 heteroatoms. The number of benzene rings is 2. The van der Waals surface area contributed by atoms with Gasteiger partial charge in [0.25, 0.3) is 5.91 Å². The molecule has 0 spiro atoms. The molecule has 1 unspecified atom stereocenters. The van der Waals surface area contributed by atoms with Gasteiger partial charge in [0.2, 0.25) is 5.91 Å². The third-order valence-electron chi connectivity index (χ3n) is 5.37. The number of carbonyl (C=O) groups excluding carboxylic acids is 2. The lowest BCUT2D eigenvalue weighted by Crippen LogP contribution is -2.44. The largest absolute Gasteiger partial charge is 0.497 e. The number of aryl methyl sites for hydroxylation is 2. The van der Waals surface area contributed by atoms with Crippen LogP contribution in [0.25, 0.3) is 5.69 Å². The molecule has 2 amide bonds. The predicted octanol–water partition coefficient (Wildman–Crippen LogP) is 3.65.